The lowest BCUT2D eigenvalue weighted by Crippen LogP contribution is -2.34. The highest BCUT2D eigenvalue weighted by Crippen LogP contribution is 2.38. The summed E-state index contributed by atoms with van der Waals surface area (Å²) in [6, 6.07) is 10.5. The van der Waals surface area contributed by atoms with Gasteiger partial charge in [0, 0.05) is 31.9 Å². The Hall–Kier alpha value is -2.46. The number of benzene rings is 1. The van der Waals surface area contributed by atoms with Gasteiger partial charge in [0.05, 0.1) is 11.0 Å². The standard InChI is InChI=1S/C26H34N4/c1-17(2)23-12-21(13-25-29-24-9-5-7-18(3)26(24)30-25)19(4)11-22(23)16-28-15-20-8-6-10-27-14-20/h5-11,14,17,21-23,28H,12-13,15-16H2,1-4H3,(H,29,30)/t21-,22-,23-/m0/s1. The summed E-state index contributed by atoms with van der Waals surface area (Å²) in [4.78, 5) is 12.7. The highest BCUT2D eigenvalue weighted by molar-refractivity contribution is 5.78. The molecule has 0 aliphatic heterocycles. The number of hydrogen-bond donors (Lipinski definition) is 2. The van der Waals surface area contributed by atoms with Crippen molar-refractivity contribution in [3.05, 3.63) is 71.3 Å². The largest absolute Gasteiger partial charge is 0.342 e. The maximum absolute atomic E-state index is 4.91. The molecule has 0 saturated heterocycles. The number of hydrogen-bond acceptors (Lipinski definition) is 3. The molecule has 3 atom stereocenters. The molecule has 2 heterocycles. The Bertz CT molecular complexity index is 1000. The van der Waals surface area contributed by atoms with Gasteiger partial charge in [0.1, 0.15) is 5.82 Å². The normalized spacial score (nSPS) is 21.9. The lowest BCUT2D eigenvalue weighted by atomic mass is 9.70. The highest BCUT2D eigenvalue weighted by Gasteiger charge is 2.31. The summed E-state index contributed by atoms with van der Waals surface area (Å²) in [5, 5.41) is 3.66. The number of aryl methyl sites for hydroxylation is 1. The summed E-state index contributed by atoms with van der Waals surface area (Å²) in [6.07, 6.45) is 8.53. The van der Waals surface area contributed by atoms with Gasteiger partial charge >= 0.3 is 0 Å². The van der Waals surface area contributed by atoms with E-state index in [0.717, 1.165) is 36.4 Å². The molecule has 4 nitrogen and oxygen atoms in total. The number of fused-ring (bicyclic) bond motifs is 1. The number of para-hydroxylation sites is 1. The van der Waals surface area contributed by atoms with Crippen molar-refractivity contribution in [3.63, 3.8) is 0 Å². The topological polar surface area (TPSA) is 53.6 Å². The highest BCUT2D eigenvalue weighted by atomic mass is 14.9. The van der Waals surface area contributed by atoms with Crippen LogP contribution >= 0.6 is 0 Å². The lowest BCUT2D eigenvalue weighted by molar-refractivity contribution is 0.221. The Morgan fingerprint density at radius 3 is 2.77 bits per heavy atom. The average molecular weight is 403 g/mol. The number of nitrogens with one attached hydrogen (secondary N) is 2. The molecule has 1 aliphatic carbocycles. The van der Waals surface area contributed by atoms with Crippen molar-refractivity contribution in [2.75, 3.05) is 6.54 Å². The van der Waals surface area contributed by atoms with Crippen molar-refractivity contribution in [2.45, 2.75) is 47.1 Å². The minimum Gasteiger partial charge on any atom is -0.342 e. The van der Waals surface area contributed by atoms with Crippen molar-refractivity contribution in [3.8, 4) is 0 Å². The third kappa shape index (κ3) is 4.65. The molecule has 0 fully saturated rings. The van der Waals surface area contributed by atoms with Crippen LogP contribution in [0.5, 0.6) is 0 Å². The third-order valence-electron chi connectivity index (χ3n) is 6.72. The summed E-state index contributed by atoms with van der Waals surface area (Å²) < 4.78 is 0. The number of imidazole rings is 1. The van der Waals surface area contributed by atoms with E-state index < -0.39 is 0 Å². The summed E-state index contributed by atoms with van der Waals surface area (Å²) >= 11 is 0. The monoisotopic (exact) mass is 402 g/mol. The van der Waals surface area contributed by atoms with Crippen molar-refractivity contribution >= 4 is 11.0 Å². The number of nitrogens with zero attached hydrogens (tertiary/aromatic N) is 2. The lowest BCUT2D eigenvalue weighted by Gasteiger charge is -2.37. The summed E-state index contributed by atoms with van der Waals surface area (Å²) in [7, 11) is 0. The number of pyridine rings is 1. The summed E-state index contributed by atoms with van der Waals surface area (Å²) in [5.41, 5.74) is 6.26. The van der Waals surface area contributed by atoms with E-state index >= 15 is 0 Å². The minimum atomic E-state index is 0.563. The molecule has 0 amide bonds. The molecular weight excluding hydrogens is 368 g/mol. The van der Waals surface area contributed by atoms with Crippen molar-refractivity contribution < 1.29 is 0 Å². The predicted octanol–water partition coefficient (Wildman–Crippen LogP) is 5.45. The number of aromatic amines is 1. The molecule has 3 aromatic rings. The van der Waals surface area contributed by atoms with Crippen LogP contribution in [0.2, 0.25) is 0 Å². The number of aromatic nitrogens is 3. The first kappa shape index (κ1) is 20.8. The van der Waals surface area contributed by atoms with Gasteiger partial charge in [0.25, 0.3) is 0 Å². The SMILES string of the molecule is CC1=C[C@@H](CNCc2cccnc2)[C@H](C(C)C)C[C@H]1Cc1nc2c(C)cccc2[nH]1. The fourth-order valence-electron chi connectivity index (χ4n) is 4.95. The first-order valence-corrected chi connectivity index (χ1v) is 11.2. The van der Waals surface area contributed by atoms with Crippen LogP contribution in [0.1, 0.15) is 44.1 Å². The van der Waals surface area contributed by atoms with Gasteiger partial charge in [-0.05, 0) is 67.2 Å². The number of allylic oxidation sites excluding steroid dienone is 1. The molecule has 2 aromatic heterocycles. The second-order valence-corrected chi connectivity index (χ2v) is 9.27. The van der Waals surface area contributed by atoms with E-state index in [1.807, 2.05) is 18.5 Å². The van der Waals surface area contributed by atoms with Crippen LogP contribution in [0, 0.1) is 30.6 Å². The van der Waals surface area contributed by atoms with Gasteiger partial charge in [-0.15, -0.1) is 0 Å². The van der Waals surface area contributed by atoms with E-state index in [4.69, 9.17) is 4.98 Å². The van der Waals surface area contributed by atoms with Gasteiger partial charge in [-0.25, -0.2) is 4.98 Å². The minimum absolute atomic E-state index is 0.563. The van der Waals surface area contributed by atoms with E-state index in [-0.39, 0.29) is 0 Å². The molecule has 1 aromatic carbocycles. The van der Waals surface area contributed by atoms with Gasteiger partial charge in [-0.1, -0.05) is 43.7 Å². The molecule has 30 heavy (non-hydrogen) atoms. The molecule has 4 heteroatoms. The Labute approximate surface area is 180 Å². The second-order valence-electron chi connectivity index (χ2n) is 9.27. The van der Waals surface area contributed by atoms with E-state index in [9.17, 15) is 0 Å². The van der Waals surface area contributed by atoms with Crippen LogP contribution in [0.25, 0.3) is 11.0 Å². The Kier molecular flexibility index (Phi) is 6.33. The average Bonchev–Trinajstić information content (AvgIpc) is 3.14. The zero-order chi connectivity index (χ0) is 21.1. The summed E-state index contributed by atoms with van der Waals surface area (Å²) in [5.74, 6) is 3.61. The fourth-order valence-corrected chi connectivity index (χ4v) is 4.95. The fraction of sp³-hybridized carbons (Fsp3) is 0.462. The number of H-pyrrole nitrogens is 1. The Morgan fingerprint density at radius 1 is 1.17 bits per heavy atom. The summed E-state index contributed by atoms with van der Waals surface area (Å²) in [6.45, 7) is 11.1. The van der Waals surface area contributed by atoms with Gasteiger partial charge < -0.3 is 10.3 Å². The maximum Gasteiger partial charge on any atom is 0.107 e. The molecular formula is C26H34N4. The van der Waals surface area contributed by atoms with Crippen LogP contribution in [-0.2, 0) is 13.0 Å². The van der Waals surface area contributed by atoms with Crippen LogP contribution in [0.4, 0.5) is 0 Å². The van der Waals surface area contributed by atoms with Crippen LogP contribution in [0.15, 0.2) is 54.4 Å². The van der Waals surface area contributed by atoms with Crippen molar-refractivity contribution in [1.82, 2.24) is 20.3 Å². The van der Waals surface area contributed by atoms with Gasteiger partial charge in [-0.3, -0.25) is 4.98 Å². The molecule has 158 valence electrons. The smallest absolute Gasteiger partial charge is 0.107 e. The second kappa shape index (κ2) is 9.13. The molecule has 0 unspecified atom stereocenters. The zero-order valence-electron chi connectivity index (χ0n) is 18.7. The molecule has 0 radical (unpaired) electrons. The van der Waals surface area contributed by atoms with E-state index in [1.54, 1.807) is 0 Å². The molecule has 2 N–H and O–H groups in total. The van der Waals surface area contributed by atoms with Crippen molar-refractivity contribution in [1.29, 1.82) is 0 Å². The van der Waals surface area contributed by atoms with E-state index in [2.05, 4.69) is 73.3 Å². The molecule has 1 aliphatic rings. The first-order chi connectivity index (χ1) is 14.5. The number of rotatable bonds is 7. The molecule has 0 saturated carbocycles. The molecule has 4 rings (SSSR count). The quantitative estimate of drug-likeness (QED) is 0.517. The van der Waals surface area contributed by atoms with Gasteiger partial charge in [-0.2, -0.15) is 0 Å². The Morgan fingerprint density at radius 2 is 2.03 bits per heavy atom. The predicted molar refractivity (Wildman–Crippen MR) is 124 cm³/mol. The van der Waals surface area contributed by atoms with Crippen LogP contribution < -0.4 is 5.32 Å². The van der Waals surface area contributed by atoms with Crippen LogP contribution in [-0.4, -0.2) is 21.5 Å². The third-order valence-corrected chi connectivity index (χ3v) is 6.72. The van der Waals surface area contributed by atoms with Gasteiger partial charge in [0.2, 0.25) is 0 Å². The zero-order valence-corrected chi connectivity index (χ0v) is 18.7. The van der Waals surface area contributed by atoms with Crippen LogP contribution in [0.3, 0.4) is 0 Å². The van der Waals surface area contributed by atoms with E-state index in [0.29, 0.717) is 23.7 Å². The molecule has 0 spiro atoms. The van der Waals surface area contributed by atoms with E-state index in [1.165, 1.54) is 23.1 Å². The van der Waals surface area contributed by atoms with Crippen molar-refractivity contribution in [2.24, 2.45) is 23.7 Å². The van der Waals surface area contributed by atoms with Gasteiger partial charge in [0.15, 0.2) is 0 Å². The maximum atomic E-state index is 4.91. The molecule has 0 bridgehead atoms. The first-order valence-electron chi connectivity index (χ1n) is 11.2. The Balaban J connectivity index is 1.45.